The Kier molecular flexibility index (Phi) is 4.74. The Morgan fingerprint density at radius 2 is 2.28 bits per heavy atom. The number of nitrogens with zero attached hydrogens (tertiary/aromatic N) is 2. The van der Waals surface area contributed by atoms with Crippen LogP contribution in [0.2, 0.25) is 0 Å². The molecule has 0 aliphatic carbocycles. The van der Waals surface area contributed by atoms with Crippen LogP contribution in [-0.4, -0.2) is 30.7 Å². The van der Waals surface area contributed by atoms with Gasteiger partial charge in [0.15, 0.2) is 0 Å². The normalized spacial score (nSPS) is 20.6. The second-order valence-corrected chi connectivity index (χ2v) is 4.76. The van der Waals surface area contributed by atoms with Crippen LogP contribution in [-0.2, 0) is 11.3 Å². The first-order valence-corrected chi connectivity index (χ1v) is 6.65. The highest BCUT2D eigenvalue weighted by Gasteiger charge is 2.22. The first kappa shape index (κ1) is 13.1. The third kappa shape index (κ3) is 3.10. The molecule has 3 nitrogen and oxygen atoms in total. The summed E-state index contributed by atoms with van der Waals surface area (Å²) in [6.07, 6.45) is 2.33. The van der Waals surface area contributed by atoms with Crippen molar-refractivity contribution in [3.8, 4) is 6.07 Å². The van der Waals surface area contributed by atoms with Crippen LogP contribution in [0.25, 0.3) is 0 Å². The number of hydrogen-bond acceptors (Lipinski definition) is 3. The fourth-order valence-electron chi connectivity index (χ4n) is 2.48. The number of morpholine rings is 1. The molecule has 1 fully saturated rings. The lowest BCUT2D eigenvalue weighted by molar-refractivity contribution is -0.0147. The molecule has 0 saturated carbocycles. The van der Waals surface area contributed by atoms with E-state index in [1.54, 1.807) is 0 Å². The van der Waals surface area contributed by atoms with Crippen LogP contribution in [0.5, 0.6) is 0 Å². The summed E-state index contributed by atoms with van der Waals surface area (Å²) in [4.78, 5) is 2.45. The minimum absolute atomic E-state index is 0.496. The van der Waals surface area contributed by atoms with Gasteiger partial charge in [-0.1, -0.05) is 31.5 Å². The predicted octanol–water partition coefficient (Wildman–Crippen LogP) is 2.56. The van der Waals surface area contributed by atoms with E-state index in [0.717, 1.165) is 43.9 Å². The highest BCUT2D eigenvalue weighted by atomic mass is 16.5. The summed E-state index contributed by atoms with van der Waals surface area (Å²) in [7, 11) is 0. The molecule has 0 spiro atoms. The molecule has 18 heavy (non-hydrogen) atoms. The Bertz CT molecular complexity index is 423. The predicted molar refractivity (Wildman–Crippen MR) is 71.1 cm³/mol. The van der Waals surface area contributed by atoms with E-state index >= 15 is 0 Å². The Balaban J connectivity index is 2.09. The largest absolute Gasteiger partial charge is 0.378 e. The van der Waals surface area contributed by atoms with Crippen LogP contribution in [0, 0.1) is 11.3 Å². The van der Waals surface area contributed by atoms with Gasteiger partial charge in [0.05, 0.1) is 24.8 Å². The van der Waals surface area contributed by atoms with Crippen molar-refractivity contribution in [2.24, 2.45) is 0 Å². The number of nitriles is 1. The molecule has 0 unspecified atom stereocenters. The van der Waals surface area contributed by atoms with Crippen LogP contribution in [0.4, 0.5) is 0 Å². The van der Waals surface area contributed by atoms with Crippen molar-refractivity contribution >= 4 is 0 Å². The van der Waals surface area contributed by atoms with Crippen molar-refractivity contribution < 1.29 is 4.74 Å². The number of hydrogen-bond donors (Lipinski definition) is 0. The zero-order valence-electron chi connectivity index (χ0n) is 10.9. The zero-order valence-corrected chi connectivity index (χ0v) is 10.9. The standard InChI is InChI=1S/C15H20N2O/c1-2-5-15-12-18-9-8-17(15)11-14-7-4-3-6-13(14)10-16/h3-4,6-7,15H,2,5,8-9,11-12H2,1H3/t15-/m0/s1. The van der Waals surface area contributed by atoms with E-state index in [9.17, 15) is 0 Å². The molecule has 1 aromatic rings. The summed E-state index contributed by atoms with van der Waals surface area (Å²) < 4.78 is 5.55. The molecule has 3 heteroatoms. The number of rotatable bonds is 4. The summed E-state index contributed by atoms with van der Waals surface area (Å²) >= 11 is 0. The maximum atomic E-state index is 9.12. The quantitative estimate of drug-likeness (QED) is 0.816. The van der Waals surface area contributed by atoms with Crippen LogP contribution in [0.1, 0.15) is 30.9 Å². The Morgan fingerprint density at radius 1 is 1.44 bits per heavy atom. The lowest BCUT2D eigenvalue weighted by Gasteiger charge is -2.35. The molecule has 0 radical (unpaired) electrons. The third-order valence-electron chi connectivity index (χ3n) is 3.48. The maximum absolute atomic E-state index is 9.12. The van der Waals surface area contributed by atoms with Crippen molar-refractivity contribution in [2.75, 3.05) is 19.8 Å². The van der Waals surface area contributed by atoms with Gasteiger partial charge in [-0.3, -0.25) is 4.90 Å². The molecule has 1 aliphatic rings. The van der Waals surface area contributed by atoms with E-state index in [2.05, 4.69) is 24.0 Å². The highest BCUT2D eigenvalue weighted by molar-refractivity contribution is 5.37. The van der Waals surface area contributed by atoms with E-state index in [0.29, 0.717) is 6.04 Å². The molecule has 1 aromatic carbocycles. The third-order valence-corrected chi connectivity index (χ3v) is 3.48. The van der Waals surface area contributed by atoms with Crippen molar-refractivity contribution in [2.45, 2.75) is 32.4 Å². The van der Waals surface area contributed by atoms with Gasteiger partial charge < -0.3 is 4.74 Å². The van der Waals surface area contributed by atoms with Gasteiger partial charge in [0.25, 0.3) is 0 Å². The minimum atomic E-state index is 0.496. The van der Waals surface area contributed by atoms with Crippen molar-refractivity contribution in [1.82, 2.24) is 4.90 Å². The second kappa shape index (κ2) is 6.53. The Labute approximate surface area is 109 Å². The van der Waals surface area contributed by atoms with Crippen molar-refractivity contribution in [3.05, 3.63) is 35.4 Å². The molecule has 2 rings (SSSR count). The average molecular weight is 244 g/mol. The van der Waals surface area contributed by atoms with Crippen LogP contribution in [0.3, 0.4) is 0 Å². The van der Waals surface area contributed by atoms with Crippen molar-refractivity contribution in [1.29, 1.82) is 5.26 Å². The summed E-state index contributed by atoms with van der Waals surface area (Å²) in [6, 6.07) is 10.6. The fraction of sp³-hybridized carbons (Fsp3) is 0.533. The second-order valence-electron chi connectivity index (χ2n) is 4.76. The molecule has 0 N–H and O–H groups in total. The van der Waals surface area contributed by atoms with Crippen LogP contribution in [0.15, 0.2) is 24.3 Å². The molecule has 0 amide bonds. The van der Waals surface area contributed by atoms with E-state index in [1.807, 2.05) is 18.2 Å². The summed E-state index contributed by atoms with van der Waals surface area (Å²) in [5.41, 5.74) is 1.92. The van der Waals surface area contributed by atoms with Gasteiger partial charge in [0.1, 0.15) is 0 Å². The molecule has 0 aromatic heterocycles. The van der Waals surface area contributed by atoms with E-state index in [-0.39, 0.29) is 0 Å². The average Bonchev–Trinajstić information content (AvgIpc) is 2.42. The van der Waals surface area contributed by atoms with E-state index in [1.165, 1.54) is 6.42 Å². The SMILES string of the molecule is CCC[C@H]1COCCN1Cc1ccccc1C#N. The Morgan fingerprint density at radius 3 is 3.06 bits per heavy atom. The molecule has 96 valence electrons. The van der Waals surface area contributed by atoms with Gasteiger partial charge in [-0.2, -0.15) is 5.26 Å². The van der Waals surface area contributed by atoms with Gasteiger partial charge in [-0.15, -0.1) is 0 Å². The first-order chi connectivity index (χ1) is 8.85. The maximum Gasteiger partial charge on any atom is 0.0995 e. The molecule has 1 atom stereocenters. The lowest BCUT2D eigenvalue weighted by Crippen LogP contribution is -2.44. The van der Waals surface area contributed by atoms with Gasteiger partial charge in [0, 0.05) is 19.1 Å². The van der Waals surface area contributed by atoms with Gasteiger partial charge >= 0.3 is 0 Å². The number of ether oxygens (including phenoxy) is 1. The molecule has 1 heterocycles. The molecular weight excluding hydrogens is 224 g/mol. The molecular formula is C15H20N2O. The van der Waals surface area contributed by atoms with Crippen LogP contribution >= 0.6 is 0 Å². The van der Waals surface area contributed by atoms with Crippen molar-refractivity contribution in [3.63, 3.8) is 0 Å². The van der Waals surface area contributed by atoms with E-state index in [4.69, 9.17) is 10.00 Å². The lowest BCUT2D eigenvalue weighted by atomic mass is 10.1. The summed E-state index contributed by atoms with van der Waals surface area (Å²) in [6.45, 7) is 5.65. The molecule has 1 aliphatic heterocycles. The van der Waals surface area contributed by atoms with Gasteiger partial charge in [-0.05, 0) is 18.1 Å². The summed E-state index contributed by atoms with van der Waals surface area (Å²) in [5.74, 6) is 0. The first-order valence-electron chi connectivity index (χ1n) is 6.65. The fourth-order valence-corrected chi connectivity index (χ4v) is 2.48. The molecule has 1 saturated heterocycles. The van der Waals surface area contributed by atoms with Gasteiger partial charge in [-0.25, -0.2) is 0 Å². The zero-order chi connectivity index (χ0) is 12.8. The van der Waals surface area contributed by atoms with Crippen LogP contribution < -0.4 is 0 Å². The summed E-state index contributed by atoms with van der Waals surface area (Å²) in [5, 5.41) is 9.12. The monoisotopic (exact) mass is 244 g/mol. The van der Waals surface area contributed by atoms with Gasteiger partial charge in [0.2, 0.25) is 0 Å². The highest BCUT2D eigenvalue weighted by Crippen LogP contribution is 2.18. The smallest absolute Gasteiger partial charge is 0.0995 e. The topological polar surface area (TPSA) is 36.3 Å². The number of benzene rings is 1. The Hall–Kier alpha value is -1.37. The molecule has 0 bridgehead atoms. The minimum Gasteiger partial charge on any atom is -0.378 e. The van der Waals surface area contributed by atoms with E-state index < -0.39 is 0 Å².